The van der Waals surface area contributed by atoms with E-state index in [0.717, 1.165) is 0 Å². The van der Waals surface area contributed by atoms with E-state index in [2.05, 4.69) is 10.5 Å². The van der Waals surface area contributed by atoms with Gasteiger partial charge in [-0.3, -0.25) is 9.59 Å². The molecule has 8 nitrogen and oxygen atoms in total. The summed E-state index contributed by atoms with van der Waals surface area (Å²) in [6, 6.07) is 6.84. The molecule has 1 aliphatic rings. The van der Waals surface area contributed by atoms with Crippen molar-refractivity contribution in [2.24, 2.45) is 5.92 Å². The molecule has 1 unspecified atom stereocenters. The molecule has 0 saturated carbocycles. The molecule has 1 saturated heterocycles. The van der Waals surface area contributed by atoms with Gasteiger partial charge < -0.3 is 24.2 Å². The van der Waals surface area contributed by atoms with Crippen LogP contribution in [-0.2, 0) is 9.59 Å². The van der Waals surface area contributed by atoms with Crippen molar-refractivity contribution < 1.29 is 23.6 Å². The van der Waals surface area contributed by atoms with Gasteiger partial charge in [-0.05, 0) is 19.1 Å². The molecule has 3 rings (SSSR count). The van der Waals surface area contributed by atoms with Crippen molar-refractivity contribution in [3.63, 3.8) is 0 Å². The Morgan fingerprint density at radius 2 is 2.04 bits per heavy atom. The summed E-state index contributed by atoms with van der Waals surface area (Å²) < 4.78 is 15.4. The number of amides is 2. The molecule has 0 bridgehead atoms. The SMILES string of the molecule is COc1ccc(N2CC(C(=O)Nc3cc(C)on3)CC2=O)cc1OC. The van der Waals surface area contributed by atoms with Crippen molar-refractivity contribution in [1.82, 2.24) is 5.16 Å². The van der Waals surface area contributed by atoms with Crippen molar-refractivity contribution >= 4 is 23.3 Å². The maximum Gasteiger partial charge on any atom is 0.231 e. The van der Waals surface area contributed by atoms with Crippen molar-refractivity contribution in [3.8, 4) is 11.5 Å². The Kier molecular flexibility index (Phi) is 4.60. The summed E-state index contributed by atoms with van der Waals surface area (Å²) in [4.78, 5) is 26.3. The van der Waals surface area contributed by atoms with Gasteiger partial charge in [0.05, 0.1) is 20.1 Å². The highest BCUT2D eigenvalue weighted by Crippen LogP contribution is 2.34. The van der Waals surface area contributed by atoms with Crippen molar-refractivity contribution in [2.45, 2.75) is 13.3 Å². The lowest BCUT2D eigenvalue weighted by atomic mass is 10.1. The first-order valence-corrected chi connectivity index (χ1v) is 7.78. The van der Waals surface area contributed by atoms with Crippen LogP contribution in [0, 0.1) is 12.8 Å². The predicted octanol–water partition coefficient (Wildman–Crippen LogP) is 1.99. The molecule has 1 aromatic carbocycles. The third-order valence-electron chi connectivity index (χ3n) is 4.05. The van der Waals surface area contributed by atoms with E-state index in [-0.39, 0.29) is 24.8 Å². The van der Waals surface area contributed by atoms with Gasteiger partial charge >= 0.3 is 0 Å². The zero-order chi connectivity index (χ0) is 18.0. The number of rotatable bonds is 5. The number of aromatic nitrogens is 1. The van der Waals surface area contributed by atoms with Gasteiger partial charge in [-0.15, -0.1) is 0 Å². The van der Waals surface area contributed by atoms with E-state index in [0.29, 0.717) is 28.8 Å². The van der Waals surface area contributed by atoms with E-state index in [9.17, 15) is 9.59 Å². The Morgan fingerprint density at radius 3 is 2.68 bits per heavy atom. The fraction of sp³-hybridized carbons (Fsp3) is 0.353. The van der Waals surface area contributed by atoms with Gasteiger partial charge in [0.15, 0.2) is 17.3 Å². The van der Waals surface area contributed by atoms with E-state index < -0.39 is 5.92 Å². The van der Waals surface area contributed by atoms with Gasteiger partial charge in [0.1, 0.15) is 5.76 Å². The van der Waals surface area contributed by atoms with Crippen LogP contribution in [0.25, 0.3) is 0 Å². The summed E-state index contributed by atoms with van der Waals surface area (Å²) in [5.41, 5.74) is 0.662. The fourth-order valence-corrected chi connectivity index (χ4v) is 2.78. The van der Waals surface area contributed by atoms with Crippen molar-refractivity contribution in [3.05, 3.63) is 30.0 Å². The maximum atomic E-state index is 12.4. The minimum atomic E-state index is -0.461. The first-order valence-electron chi connectivity index (χ1n) is 7.78. The van der Waals surface area contributed by atoms with Crippen LogP contribution >= 0.6 is 0 Å². The fourth-order valence-electron chi connectivity index (χ4n) is 2.78. The van der Waals surface area contributed by atoms with Gasteiger partial charge in [-0.2, -0.15) is 0 Å². The Bertz CT molecular complexity index is 801. The van der Waals surface area contributed by atoms with E-state index >= 15 is 0 Å². The molecular weight excluding hydrogens is 326 g/mol. The molecule has 0 spiro atoms. The Hall–Kier alpha value is -3.03. The number of anilines is 2. The number of ether oxygens (including phenoxy) is 2. The zero-order valence-corrected chi connectivity index (χ0v) is 14.2. The minimum Gasteiger partial charge on any atom is -0.493 e. The molecule has 2 aromatic rings. The summed E-state index contributed by atoms with van der Waals surface area (Å²) in [7, 11) is 3.08. The number of nitrogens with zero attached hydrogens (tertiary/aromatic N) is 2. The number of hydrogen-bond donors (Lipinski definition) is 1. The van der Waals surface area contributed by atoms with Crippen LogP contribution in [0.1, 0.15) is 12.2 Å². The molecule has 1 fully saturated rings. The maximum absolute atomic E-state index is 12.4. The molecule has 1 aliphatic heterocycles. The number of methoxy groups -OCH3 is 2. The van der Waals surface area contributed by atoms with E-state index in [1.54, 1.807) is 43.2 Å². The summed E-state index contributed by atoms with van der Waals surface area (Å²) in [5, 5.41) is 6.40. The Morgan fingerprint density at radius 1 is 1.28 bits per heavy atom. The molecule has 1 N–H and O–H groups in total. The van der Waals surface area contributed by atoms with Crippen molar-refractivity contribution in [2.75, 3.05) is 31.0 Å². The van der Waals surface area contributed by atoms with Gasteiger partial charge in [0.2, 0.25) is 11.8 Å². The standard InChI is InChI=1S/C17H19N3O5/c1-10-6-15(19-25-10)18-17(22)11-7-16(21)20(9-11)12-4-5-13(23-2)14(8-12)24-3/h4-6,8,11H,7,9H2,1-3H3,(H,18,19,22). The first kappa shape index (κ1) is 16.8. The second-order valence-corrected chi connectivity index (χ2v) is 5.76. The Balaban J connectivity index is 1.73. The average Bonchev–Trinajstić information content (AvgIpc) is 3.19. The highest BCUT2D eigenvalue weighted by Gasteiger charge is 2.35. The van der Waals surface area contributed by atoms with Crippen LogP contribution in [0.4, 0.5) is 11.5 Å². The highest BCUT2D eigenvalue weighted by atomic mass is 16.5. The van der Waals surface area contributed by atoms with Gasteiger partial charge in [0, 0.05) is 30.8 Å². The third-order valence-corrected chi connectivity index (χ3v) is 4.05. The zero-order valence-electron chi connectivity index (χ0n) is 14.2. The molecule has 1 atom stereocenters. The molecule has 1 aromatic heterocycles. The molecule has 8 heteroatoms. The van der Waals surface area contributed by atoms with E-state index in [1.165, 1.54) is 7.11 Å². The number of benzene rings is 1. The Labute approximate surface area is 144 Å². The normalized spacial score (nSPS) is 16.8. The van der Waals surface area contributed by atoms with Crippen LogP contribution < -0.4 is 19.7 Å². The topological polar surface area (TPSA) is 93.9 Å². The summed E-state index contributed by atoms with van der Waals surface area (Å²) in [6.07, 6.45) is 0.136. The molecular formula is C17H19N3O5. The van der Waals surface area contributed by atoms with Gasteiger partial charge in [-0.1, -0.05) is 5.16 Å². The van der Waals surface area contributed by atoms with E-state index in [1.807, 2.05) is 0 Å². The summed E-state index contributed by atoms with van der Waals surface area (Å²) in [5.74, 6) is 1.21. The molecule has 25 heavy (non-hydrogen) atoms. The van der Waals surface area contributed by atoms with Crippen molar-refractivity contribution in [1.29, 1.82) is 0 Å². The third kappa shape index (κ3) is 3.42. The second-order valence-electron chi connectivity index (χ2n) is 5.76. The first-order chi connectivity index (χ1) is 12.0. The predicted molar refractivity (Wildman–Crippen MR) is 89.9 cm³/mol. The molecule has 132 valence electrons. The summed E-state index contributed by atoms with van der Waals surface area (Å²) in [6.45, 7) is 2.03. The van der Waals surface area contributed by atoms with E-state index in [4.69, 9.17) is 14.0 Å². The summed E-state index contributed by atoms with van der Waals surface area (Å²) >= 11 is 0. The number of nitrogens with one attached hydrogen (secondary N) is 1. The monoisotopic (exact) mass is 345 g/mol. The van der Waals surface area contributed by atoms with Crippen LogP contribution in [0.3, 0.4) is 0 Å². The number of carbonyl (C=O) groups excluding carboxylic acids is 2. The molecule has 0 radical (unpaired) electrons. The number of carbonyl (C=O) groups is 2. The van der Waals surface area contributed by atoms with Crippen LogP contribution in [0.2, 0.25) is 0 Å². The van der Waals surface area contributed by atoms with Crippen LogP contribution in [0.15, 0.2) is 28.8 Å². The lowest BCUT2D eigenvalue weighted by molar-refractivity contribution is -0.122. The van der Waals surface area contributed by atoms with Gasteiger partial charge in [0.25, 0.3) is 0 Å². The second kappa shape index (κ2) is 6.84. The van der Waals surface area contributed by atoms with Gasteiger partial charge in [-0.25, -0.2) is 0 Å². The lowest BCUT2D eigenvalue weighted by Crippen LogP contribution is -2.28. The largest absolute Gasteiger partial charge is 0.493 e. The minimum absolute atomic E-state index is 0.122. The molecule has 2 heterocycles. The highest BCUT2D eigenvalue weighted by molar-refractivity contribution is 6.03. The van der Waals surface area contributed by atoms with Crippen LogP contribution in [0.5, 0.6) is 11.5 Å². The molecule has 2 amide bonds. The quantitative estimate of drug-likeness (QED) is 0.891. The number of aryl methyl sites for hydroxylation is 1. The van der Waals surface area contributed by atoms with Crippen LogP contribution in [-0.4, -0.2) is 37.7 Å². The smallest absolute Gasteiger partial charge is 0.231 e. The molecule has 0 aliphatic carbocycles. The lowest BCUT2D eigenvalue weighted by Gasteiger charge is -2.18. The average molecular weight is 345 g/mol. The number of hydrogen-bond acceptors (Lipinski definition) is 6.